The van der Waals surface area contributed by atoms with Crippen LogP contribution in [0.1, 0.15) is 0 Å². The van der Waals surface area contributed by atoms with Crippen LogP contribution in [0.3, 0.4) is 0 Å². The normalized spacial score (nSPS) is 12.3. The first-order chi connectivity index (χ1) is 29.8. The maximum Gasteiger partial charge on any atom is 0.221 e. The second-order valence-electron chi connectivity index (χ2n) is 15.1. The Morgan fingerprint density at radius 2 is 0.617 bits per heavy atom. The Kier molecular flexibility index (Phi) is 6.05. The fourth-order valence-corrected chi connectivity index (χ4v) is 9.37. The van der Waals surface area contributed by atoms with Crippen LogP contribution in [-0.2, 0) is 0 Å². The van der Waals surface area contributed by atoms with E-state index in [1.165, 1.54) is 0 Å². The van der Waals surface area contributed by atoms with Gasteiger partial charge in [0.15, 0.2) is 5.82 Å². The summed E-state index contributed by atoms with van der Waals surface area (Å²) in [6.45, 7) is 0. The molecule has 60 heavy (non-hydrogen) atoms. The van der Waals surface area contributed by atoms with Crippen LogP contribution in [0.15, 0.2) is 176 Å². The van der Waals surface area contributed by atoms with E-state index in [0.717, 1.165) is 94.8 Å². The number of para-hydroxylation sites is 13. The van der Waals surface area contributed by atoms with E-state index in [2.05, 4.69) is 185 Å². The Balaban J connectivity index is 1.12. The van der Waals surface area contributed by atoms with Gasteiger partial charge in [0.2, 0.25) is 17.3 Å². The predicted molar refractivity (Wildman–Crippen MR) is 237 cm³/mol. The van der Waals surface area contributed by atoms with E-state index in [4.69, 9.17) is 24.9 Å². The van der Waals surface area contributed by atoms with Gasteiger partial charge in [-0.05, 0) is 84.9 Å². The molecule has 0 radical (unpaired) electrons. The summed E-state index contributed by atoms with van der Waals surface area (Å²) in [4.78, 5) is 26.7. The summed E-state index contributed by atoms with van der Waals surface area (Å²) in [7, 11) is 0. The van der Waals surface area contributed by atoms with E-state index in [0.29, 0.717) is 17.5 Å². The fraction of sp³-hybridized carbons (Fsp3) is 0. The van der Waals surface area contributed by atoms with E-state index < -0.39 is 0 Å². The Morgan fingerprint density at radius 1 is 0.283 bits per heavy atom. The highest BCUT2D eigenvalue weighted by Crippen LogP contribution is 2.36. The van der Waals surface area contributed by atoms with Gasteiger partial charge in [-0.2, -0.15) is 0 Å². The highest BCUT2D eigenvalue weighted by molar-refractivity contribution is 5.95. The maximum absolute atomic E-state index is 5.52. The largest absolute Gasteiger partial charge is 0.277 e. The molecule has 0 spiro atoms. The molecule has 0 N–H and O–H groups in total. The molecule has 7 aromatic heterocycles. The molecule has 0 atom stereocenters. The molecule has 0 bridgehead atoms. The summed E-state index contributed by atoms with van der Waals surface area (Å²) in [5, 5.41) is 0. The number of fused-ring (bicyclic) bond motifs is 15. The Bertz CT molecular complexity index is 3930. The van der Waals surface area contributed by atoms with Crippen LogP contribution in [0.5, 0.6) is 0 Å². The van der Waals surface area contributed by atoms with Crippen molar-refractivity contribution in [2.75, 3.05) is 0 Å². The van der Waals surface area contributed by atoms with E-state index >= 15 is 0 Å². The summed E-state index contributed by atoms with van der Waals surface area (Å²) < 4.78 is 13.2. The minimum atomic E-state index is 0.546. The number of hydrogen-bond donors (Lipinski definition) is 0. The van der Waals surface area contributed by atoms with Crippen LogP contribution >= 0.6 is 0 Å². The average Bonchev–Trinajstić information content (AvgIpc) is 4.13. The number of benzene rings is 7. The summed E-state index contributed by atoms with van der Waals surface area (Å²) in [6, 6.07) is 60.5. The molecule has 11 heteroatoms. The van der Waals surface area contributed by atoms with E-state index in [-0.39, 0.29) is 0 Å². The highest BCUT2D eigenvalue weighted by atomic mass is 15.3. The lowest BCUT2D eigenvalue weighted by Crippen LogP contribution is -2.08. The van der Waals surface area contributed by atoms with Crippen molar-refractivity contribution in [3.05, 3.63) is 176 Å². The molecule has 14 aromatic rings. The minimum absolute atomic E-state index is 0.546. The third-order valence-electron chi connectivity index (χ3n) is 11.9. The standard InChI is InChI=1S/C49H29N11/c1-5-19-34(55-38-23-9-10-24-39(38)56-35-20-6-2-16-31(35)50-47(55)56)30(15-1)46-53-44(59-42-27-13-11-25-40(42)57-36-21-7-3-17-32(36)51-48(57)59)29-45(54-46)60-43-28-14-12-26-41(43)58-37-22-8-4-18-33(37)52-49(58)60/h1-29H. The molecule has 0 aliphatic heterocycles. The van der Waals surface area contributed by atoms with Gasteiger partial charge in [0.05, 0.1) is 71.9 Å². The quantitative estimate of drug-likeness (QED) is 0.178. The van der Waals surface area contributed by atoms with Crippen molar-refractivity contribution in [2.24, 2.45) is 0 Å². The van der Waals surface area contributed by atoms with Crippen LogP contribution < -0.4 is 0 Å². The number of rotatable bonds is 4. The zero-order chi connectivity index (χ0) is 39.1. The van der Waals surface area contributed by atoms with Crippen molar-refractivity contribution in [1.82, 2.24) is 51.8 Å². The van der Waals surface area contributed by atoms with Gasteiger partial charge in [-0.15, -0.1) is 0 Å². The van der Waals surface area contributed by atoms with Crippen LogP contribution in [0.4, 0.5) is 0 Å². The maximum atomic E-state index is 5.52. The number of imidazole rings is 6. The van der Waals surface area contributed by atoms with Crippen LogP contribution in [0.25, 0.3) is 112 Å². The van der Waals surface area contributed by atoms with Gasteiger partial charge in [0, 0.05) is 11.6 Å². The smallest absolute Gasteiger partial charge is 0.221 e. The summed E-state index contributed by atoms with van der Waals surface area (Å²) in [6.07, 6.45) is 0. The lowest BCUT2D eigenvalue weighted by atomic mass is 10.1. The molecular weight excluding hydrogens is 743 g/mol. The second-order valence-corrected chi connectivity index (χ2v) is 15.1. The monoisotopic (exact) mass is 771 g/mol. The molecule has 0 aliphatic rings. The molecule has 0 saturated heterocycles. The molecule has 0 saturated carbocycles. The van der Waals surface area contributed by atoms with Crippen molar-refractivity contribution in [1.29, 1.82) is 0 Å². The molecular formula is C49H29N11. The summed E-state index contributed by atoms with van der Waals surface area (Å²) in [5.41, 5.74) is 13.7. The van der Waals surface area contributed by atoms with Gasteiger partial charge in [-0.3, -0.25) is 26.9 Å². The molecule has 0 unspecified atom stereocenters. The van der Waals surface area contributed by atoms with Gasteiger partial charge in [0.1, 0.15) is 11.6 Å². The lowest BCUT2D eigenvalue weighted by Gasteiger charge is -2.15. The first-order valence-corrected chi connectivity index (χ1v) is 19.9. The topological polar surface area (TPSA) is 92.5 Å². The van der Waals surface area contributed by atoms with Crippen molar-refractivity contribution >= 4 is 83.5 Å². The zero-order valence-corrected chi connectivity index (χ0v) is 31.7. The molecule has 7 aromatic carbocycles. The molecule has 0 aliphatic carbocycles. The first kappa shape index (κ1) is 31.5. The third kappa shape index (κ3) is 4.09. The lowest BCUT2D eigenvalue weighted by molar-refractivity contribution is 0.967. The van der Waals surface area contributed by atoms with Crippen molar-refractivity contribution in [2.45, 2.75) is 0 Å². The number of hydrogen-bond acceptors (Lipinski definition) is 5. The van der Waals surface area contributed by atoms with E-state index in [1.54, 1.807) is 0 Å². The summed E-state index contributed by atoms with van der Waals surface area (Å²) in [5.74, 6) is 4.23. The molecule has 11 nitrogen and oxygen atoms in total. The minimum Gasteiger partial charge on any atom is -0.277 e. The molecule has 280 valence electrons. The van der Waals surface area contributed by atoms with Crippen LogP contribution in [0, 0.1) is 0 Å². The third-order valence-corrected chi connectivity index (χ3v) is 11.9. The Morgan fingerprint density at radius 3 is 1.07 bits per heavy atom. The zero-order valence-electron chi connectivity index (χ0n) is 31.7. The van der Waals surface area contributed by atoms with Gasteiger partial charge < -0.3 is 0 Å². The van der Waals surface area contributed by atoms with Gasteiger partial charge in [0.25, 0.3) is 0 Å². The Hall–Kier alpha value is -8.57. The number of nitrogens with zero attached hydrogens (tertiary/aromatic N) is 11. The molecule has 0 fully saturated rings. The second kappa shape index (κ2) is 11.5. The molecule has 14 rings (SSSR count). The van der Waals surface area contributed by atoms with E-state index in [9.17, 15) is 0 Å². The van der Waals surface area contributed by atoms with Gasteiger partial charge >= 0.3 is 0 Å². The number of aromatic nitrogens is 11. The Labute approximate surface area is 338 Å². The highest BCUT2D eigenvalue weighted by Gasteiger charge is 2.25. The van der Waals surface area contributed by atoms with Gasteiger partial charge in [-0.1, -0.05) is 84.9 Å². The first-order valence-electron chi connectivity index (χ1n) is 19.9. The predicted octanol–water partition coefficient (Wildman–Crippen LogP) is 10.4. The summed E-state index contributed by atoms with van der Waals surface area (Å²) >= 11 is 0. The van der Waals surface area contributed by atoms with Crippen molar-refractivity contribution in [3.63, 3.8) is 0 Å². The SMILES string of the molecule is c1ccc(-n2c3ccccc3n3c4ccccc4nc23)c(-c2nc(-n3c4ccccc4n4c5ccccc5nc34)cc(-n3c4ccccc4n4c5ccccc5nc34)n2)c1. The van der Waals surface area contributed by atoms with E-state index in [1.807, 2.05) is 18.2 Å². The molecule has 7 heterocycles. The van der Waals surface area contributed by atoms with Crippen molar-refractivity contribution in [3.8, 4) is 28.7 Å². The molecule has 0 amide bonds. The van der Waals surface area contributed by atoms with Crippen LogP contribution in [-0.4, -0.2) is 51.8 Å². The van der Waals surface area contributed by atoms with Crippen molar-refractivity contribution < 1.29 is 0 Å². The van der Waals surface area contributed by atoms with Crippen LogP contribution in [0.2, 0.25) is 0 Å². The average molecular weight is 772 g/mol. The fourth-order valence-electron chi connectivity index (χ4n) is 9.37. The van der Waals surface area contributed by atoms with Gasteiger partial charge in [-0.25, -0.2) is 24.9 Å².